The molecule has 16 heavy (non-hydrogen) atoms. The van der Waals surface area contributed by atoms with Gasteiger partial charge in [0.15, 0.2) is 0 Å². The fraction of sp³-hybridized carbons (Fsp3) is 0.417. The van der Waals surface area contributed by atoms with Crippen molar-refractivity contribution in [2.75, 3.05) is 18.4 Å². The van der Waals surface area contributed by atoms with Gasteiger partial charge in [-0.1, -0.05) is 18.2 Å². The standard InChI is InChI=1S/C12H17N3O/c16-12(14-10-5-2-1-3-6-10)15-11-7-4-8-13-9-11/h1-3,5-6,11,13H,4,7-9H2,(H2,14,15,16). The molecule has 2 rings (SSSR count). The first-order chi connectivity index (χ1) is 7.84. The van der Waals surface area contributed by atoms with E-state index in [0.29, 0.717) is 0 Å². The Balaban J connectivity index is 1.80. The lowest BCUT2D eigenvalue weighted by molar-refractivity contribution is 0.245. The number of piperidine rings is 1. The van der Waals surface area contributed by atoms with Crippen molar-refractivity contribution in [3.63, 3.8) is 0 Å². The van der Waals surface area contributed by atoms with Gasteiger partial charge < -0.3 is 16.0 Å². The van der Waals surface area contributed by atoms with Gasteiger partial charge in [0.25, 0.3) is 0 Å². The van der Waals surface area contributed by atoms with Crippen LogP contribution in [0.1, 0.15) is 12.8 Å². The van der Waals surface area contributed by atoms with E-state index in [2.05, 4.69) is 16.0 Å². The molecule has 1 saturated heterocycles. The normalized spacial score (nSPS) is 20.1. The molecule has 1 aromatic carbocycles. The van der Waals surface area contributed by atoms with E-state index in [1.54, 1.807) is 0 Å². The van der Waals surface area contributed by atoms with Crippen LogP contribution in [0.15, 0.2) is 30.3 Å². The Labute approximate surface area is 95.4 Å². The molecule has 0 radical (unpaired) electrons. The van der Waals surface area contributed by atoms with Crippen molar-refractivity contribution in [2.24, 2.45) is 0 Å². The summed E-state index contributed by atoms with van der Waals surface area (Å²) in [4.78, 5) is 11.6. The third-order valence-corrected chi connectivity index (χ3v) is 2.66. The molecular formula is C12H17N3O. The number of hydrogen-bond acceptors (Lipinski definition) is 2. The van der Waals surface area contributed by atoms with Gasteiger partial charge in [-0.15, -0.1) is 0 Å². The van der Waals surface area contributed by atoms with Crippen molar-refractivity contribution in [1.29, 1.82) is 0 Å². The maximum absolute atomic E-state index is 11.6. The van der Waals surface area contributed by atoms with Crippen LogP contribution in [0.3, 0.4) is 0 Å². The molecule has 0 bridgehead atoms. The van der Waals surface area contributed by atoms with Crippen molar-refractivity contribution in [1.82, 2.24) is 10.6 Å². The summed E-state index contributed by atoms with van der Waals surface area (Å²) in [6.07, 6.45) is 2.17. The average Bonchev–Trinajstić information content (AvgIpc) is 2.31. The third-order valence-electron chi connectivity index (χ3n) is 2.66. The number of carbonyl (C=O) groups is 1. The number of urea groups is 1. The maximum Gasteiger partial charge on any atom is 0.319 e. The molecule has 1 heterocycles. The summed E-state index contributed by atoms with van der Waals surface area (Å²) >= 11 is 0. The molecule has 1 aromatic rings. The molecule has 4 nitrogen and oxygen atoms in total. The molecule has 0 saturated carbocycles. The fourth-order valence-electron chi connectivity index (χ4n) is 1.85. The van der Waals surface area contributed by atoms with Crippen LogP contribution < -0.4 is 16.0 Å². The minimum Gasteiger partial charge on any atom is -0.334 e. The Kier molecular flexibility index (Phi) is 3.77. The smallest absolute Gasteiger partial charge is 0.319 e. The van der Waals surface area contributed by atoms with Gasteiger partial charge in [0, 0.05) is 18.3 Å². The minimum atomic E-state index is -0.125. The summed E-state index contributed by atoms with van der Waals surface area (Å²) in [6.45, 7) is 1.92. The lowest BCUT2D eigenvalue weighted by Gasteiger charge is -2.23. The molecule has 0 aromatic heterocycles. The van der Waals surface area contributed by atoms with Gasteiger partial charge in [0.1, 0.15) is 0 Å². The topological polar surface area (TPSA) is 53.2 Å². The second-order valence-electron chi connectivity index (χ2n) is 4.01. The third kappa shape index (κ3) is 3.24. The predicted octanol–water partition coefficient (Wildman–Crippen LogP) is 1.56. The molecule has 1 unspecified atom stereocenters. The predicted molar refractivity (Wildman–Crippen MR) is 64.5 cm³/mol. The number of amides is 2. The Morgan fingerprint density at radius 3 is 2.81 bits per heavy atom. The van der Waals surface area contributed by atoms with Crippen molar-refractivity contribution >= 4 is 11.7 Å². The number of benzene rings is 1. The Morgan fingerprint density at radius 2 is 2.12 bits per heavy atom. The zero-order chi connectivity index (χ0) is 11.2. The summed E-state index contributed by atoms with van der Waals surface area (Å²) < 4.78 is 0. The van der Waals surface area contributed by atoms with Gasteiger partial charge in [0.2, 0.25) is 0 Å². The van der Waals surface area contributed by atoms with Gasteiger partial charge in [-0.05, 0) is 31.5 Å². The van der Waals surface area contributed by atoms with E-state index in [9.17, 15) is 4.79 Å². The SMILES string of the molecule is O=C(Nc1ccccc1)NC1CCCNC1. The monoisotopic (exact) mass is 219 g/mol. The maximum atomic E-state index is 11.6. The molecule has 1 fully saturated rings. The van der Waals surface area contributed by atoms with E-state index in [-0.39, 0.29) is 12.1 Å². The highest BCUT2D eigenvalue weighted by Crippen LogP contribution is 2.05. The second-order valence-corrected chi connectivity index (χ2v) is 4.01. The largest absolute Gasteiger partial charge is 0.334 e. The first kappa shape index (κ1) is 11.0. The zero-order valence-corrected chi connectivity index (χ0v) is 9.20. The van der Waals surface area contributed by atoms with Gasteiger partial charge in [-0.2, -0.15) is 0 Å². The zero-order valence-electron chi connectivity index (χ0n) is 9.20. The Morgan fingerprint density at radius 1 is 1.31 bits per heavy atom. The molecule has 0 aliphatic carbocycles. The van der Waals surface area contributed by atoms with Crippen molar-refractivity contribution in [3.8, 4) is 0 Å². The van der Waals surface area contributed by atoms with Crippen molar-refractivity contribution in [2.45, 2.75) is 18.9 Å². The molecular weight excluding hydrogens is 202 g/mol. The first-order valence-corrected chi connectivity index (χ1v) is 5.68. The molecule has 0 spiro atoms. The van der Waals surface area contributed by atoms with E-state index >= 15 is 0 Å². The Bertz CT molecular complexity index is 333. The summed E-state index contributed by atoms with van der Waals surface area (Å²) in [5, 5.41) is 9.03. The number of hydrogen-bond donors (Lipinski definition) is 3. The number of carbonyl (C=O) groups excluding carboxylic acids is 1. The number of anilines is 1. The van der Waals surface area contributed by atoms with Crippen LogP contribution in [0.25, 0.3) is 0 Å². The highest BCUT2D eigenvalue weighted by molar-refractivity contribution is 5.89. The van der Waals surface area contributed by atoms with Gasteiger partial charge >= 0.3 is 6.03 Å². The molecule has 1 aliphatic heterocycles. The van der Waals surface area contributed by atoms with Gasteiger partial charge in [-0.3, -0.25) is 0 Å². The summed E-state index contributed by atoms with van der Waals surface area (Å²) in [7, 11) is 0. The first-order valence-electron chi connectivity index (χ1n) is 5.68. The Hall–Kier alpha value is -1.55. The second kappa shape index (κ2) is 5.51. The van der Waals surface area contributed by atoms with Crippen LogP contribution in [-0.4, -0.2) is 25.2 Å². The number of nitrogens with one attached hydrogen (secondary N) is 3. The molecule has 2 amide bonds. The highest BCUT2D eigenvalue weighted by atomic mass is 16.2. The average molecular weight is 219 g/mol. The quantitative estimate of drug-likeness (QED) is 0.707. The van der Waals surface area contributed by atoms with E-state index in [1.807, 2.05) is 30.3 Å². The van der Waals surface area contributed by atoms with Crippen LogP contribution in [0, 0.1) is 0 Å². The molecule has 86 valence electrons. The van der Waals surface area contributed by atoms with Crippen LogP contribution in [-0.2, 0) is 0 Å². The van der Waals surface area contributed by atoms with E-state index in [1.165, 1.54) is 0 Å². The fourth-order valence-corrected chi connectivity index (χ4v) is 1.85. The van der Waals surface area contributed by atoms with Crippen LogP contribution in [0.5, 0.6) is 0 Å². The van der Waals surface area contributed by atoms with E-state index < -0.39 is 0 Å². The van der Waals surface area contributed by atoms with Crippen LogP contribution in [0.2, 0.25) is 0 Å². The van der Waals surface area contributed by atoms with Gasteiger partial charge in [0.05, 0.1) is 0 Å². The van der Waals surface area contributed by atoms with Crippen LogP contribution in [0.4, 0.5) is 10.5 Å². The number of rotatable bonds is 2. The van der Waals surface area contributed by atoms with Crippen LogP contribution >= 0.6 is 0 Å². The summed E-state index contributed by atoms with van der Waals surface area (Å²) in [5.41, 5.74) is 0.823. The molecule has 4 heteroatoms. The summed E-state index contributed by atoms with van der Waals surface area (Å²) in [5.74, 6) is 0. The lowest BCUT2D eigenvalue weighted by atomic mass is 10.1. The van der Waals surface area contributed by atoms with Crippen molar-refractivity contribution in [3.05, 3.63) is 30.3 Å². The molecule has 1 atom stereocenters. The minimum absolute atomic E-state index is 0.125. The lowest BCUT2D eigenvalue weighted by Crippen LogP contribution is -2.47. The highest BCUT2D eigenvalue weighted by Gasteiger charge is 2.14. The molecule has 1 aliphatic rings. The van der Waals surface area contributed by atoms with E-state index in [0.717, 1.165) is 31.6 Å². The van der Waals surface area contributed by atoms with Crippen molar-refractivity contribution < 1.29 is 4.79 Å². The molecule has 3 N–H and O–H groups in total. The van der Waals surface area contributed by atoms with E-state index in [4.69, 9.17) is 0 Å². The summed E-state index contributed by atoms with van der Waals surface area (Å²) in [6, 6.07) is 9.60. The van der Waals surface area contributed by atoms with Gasteiger partial charge in [-0.25, -0.2) is 4.79 Å². The number of para-hydroxylation sites is 1.